The van der Waals surface area contributed by atoms with E-state index < -0.39 is 0 Å². The van der Waals surface area contributed by atoms with Crippen molar-refractivity contribution >= 4 is 16.5 Å². The Balaban J connectivity index is 1.78. The van der Waals surface area contributed by atoms with Crippen molar-refractivity contribution in [2.45, 2.75) is 13.0 Å². The van der Waals surface area contributed by atoms with Crippen molar-refractivity contribution in [1.82, 2.24) is 14.8 Å². The molecular formula is C11H20N4S. The molecule has 0 saturated carbocycles. The summed E-state index contributed by atoms with van der Waals surface area (Å²) in [5, 5.41) is 0.670. The van der Waals surface area contributed by atoms with Gasteiger partial charge in [0, 0.05) is 30.7 Å². The van der Waals surface area contributed by atoms with Crippen LogP contribution in [0.15, 0.2) is 6.20 Å². The number of anilines is 1. The maximum atomic E-state index is 5.62. The predicted octanol–water partition coefficient (Wildman–Crippen LogP) is 1.11. The minimum absolute atomic E-state index is 0.670. The lowest BCUT2D eigenvalue weighted by atomic mass is 10.1. The van der Waals surface area contributed by atoms with Gasteiger partial charge in [-0.25, -0.2) is 4.98 Å². The van der Waals surface area contributed by atoms with Gasteiger partial charge in [-0.2, -0.15) is 0 Å². The van der Waals surface area contributed by atoms with Gasteiger partial charge in [-0.1, -0.05) is 0 Å². The molecule has 1 aliphatic heterocycles. The van der Waals surface area contributed by atoms with Gasteiger partial charge in [0.1, 0.15) is 0 Å². The lowest BCUT2D eigenvalue weighted by Gasteiger charge is -2.19. The van der Waals surface area contributed by atoms with Crippen LogP contribution in [0.1, 0.15) is 11.3 Å². The monoisotopic (exact) mass is 240 g/mol. The van der Waals surface area contributed by atoms with Crippen LogP contribution in [-0.2, 0) is 6.54 Å². The van der Waals surface area contributed by atoms with Crippen LogP contribution in [0.4, 0.5) is 5.13 Å². The molecule has 0 aliphatic carbocycles. The summed E-state index contributed by atoms with van der Waals surface area (Å²) in [6.07, 6.45) is 3.21. The standard InChI is InChI=1S/C11H20N4S/c1-14-4-3-9(6-14)7-15(2)8-10-5-13-11(12)16-10/h5,9H,3-4,6-8H2,1-2H3,(H2,12,13). The van der Waals surface area contributed by atoms with Crippen molar-refractivity contribution in [3.05, 3.63) is 11.1 Å². The van der Waals surface area contributed by atoms with Gasteiger partial charge in [0.2, 0.25) is 0 Å². The van der Waals surface area contributed by atoms with E-state index in [2.05, 4.69) is 28.9 Å². The highest BCUT2D eigenvalue weighted by molar-refractivity contribution is 7.15. The topological polar surface area (TPSA) is 45.4 Å². The van der Waals surface area contributed by atoms with Gasteiger partial charge in [-0.15, -0.1) is 11.3 Å². The highest BCUT2D eigenvalue weighted by Gasteiger charge is 2.20. The largest absolute Gasteiger partial charge is 0.375 e. The Morgan fingerprint density at radius 1 is 1.69 bits per heavy atom. The molecule has 1 fully saturated rings. The summed E-state index contributed by atoms with van der Waals surface area (Å²) >= 11 is 1.59. The number of hydrogen-bond donors (Lipinski definition) is 1. The van der Waals surface area contributed by atoms with Crippen LogP contribution in [0.3, 0.4) is 0 Å². The minimum Gasteiger partial charge on any atom is -0.375 e. The van der Waals surface area contributed by atoms with Crippen LogP contribution in [0.2, 0.25) is 0 Å². The van der Waals surface area contributed by atoms with E-state index in [9.17, 15) is 0 Å². The van der Waals surface area contributed by atoms with Crippen LogP contribution < -0.4 is 5.73 Å². The highest BCUT2D eigenvalue weighted by Crippen LogP contribution is 2.19. The summed E-state index contributed by atoms with van der Waals surface area (Å²) in [4.78, 5) is 10.1. The number of aromatic nitrogens is 1. The van der Waals surface area contributed by atoms with Crippen molar-refractivity contribution in [1.29, 1.82) is 0 Å². The molecule has 0 radical (unpaired) electrons. The first-order valence-corrected chi connectivity index (χ1v) is 6.52. The first-order valence-electron chi connectivity index (χ1n) is 5.71. The summed E-state index contributed by atoms with van der Waals surface area (Å²) in [5.74, 6) is 0.820. The summed E-state index contributed by atoms with van der Waals surface area (Å²) in [5.41, 5.74) is 5.62. The molecule has 1 unspecified atom stereocenters. The van der Waals surface area contributed by atoms with Gasteiger partial charge >= 0.3 is 0 Å². The lowest BCUT2D eigenvalue weighted by Crippen LogP contribution is -2.26. The van der Waals surface area contributed by atoms with Crippen LogP contribution in [0.25, 0.3) is 0 Å². The number of hydrogen-bond acceptors (Lipinski definition) is 5. The van der Waals surface area contributed by atoms with E-state index in [0.29, 0.717) is 5.13 Å². The number of rotatable bonds is 4. The summed E-state index contributed by atoms with van der Waals surface area (Å²) < 4.78 is 0. The van der Waals surface area contributed by atoms with Crippen LogP contribution >= 0.6 is 11.3 Å². The third-order valence-electron chi connectivity index (χ3n) is 3.06. The molecule has 1 aromatic heterocycles. The normalized spacial score (nSPS) is 22.1. The fraction of sp³-hybridized carbons (Fsp3) is 0.727. The van der Waals surface area contributed by atoms with Crippen molar-refractivity contribution < 1.29 is 0 Å². The Morgan fingerprint density at radius 3 is 3.06 bits per heavy atom. The molecule has 0 amide bonds. The Bertz CT molecular complexity index is 338. The molecule has 90 valence electrons. The number of likely N-dealkylation sites (tertiary alicyclic amines) is 1. The van der Waals surface area contributed by atoms with E-state index in [0.717, 1.165) is 12.5 Å². The first kappa shape index (κ1) is 11.8. The molecule has 16 heavy (non-hydrogen) atoms. The van der Waals surface area contributed by atoms with E-state index in [1.165, 1.54) is 30.9 Å². The third kappa shape index (κ3) is 3.17. The van der Waals surface area contributed by atoms with Gasteiger partial charge in [0.05, 0.1) is 0 Å². The number of nitrogens with two attached hydrogens (primary N) is 1. The first-order chi connectivity index (χ1) is 7.63. The molecule has 1 aromatic rings. The van der Waals surface area contributed by atoms with Crippen molar-refractivity contribution in [3.8, 4) is 0 Å². The highest BCUT2D eigenvalue weighted by atomic mass is 32.1. The molecule has 0 aromatic carbocycles. The average molecular weight is 240 g/mol. The molecule has 1 saturated heterocycles. The number of nitrogen functional groups attached to an aromatic ring is 1. The molecule has 1 atom stereocenters. The summed E-state index contributed by atoms with van der Waals surface area (Å²) in [6, 6.07) is 0. The Kier molecular flexibility index (Phi) is 3.78. The fourth-order valence-electron chi connectivity index (χ4n) is 2.34. The molecule has 0 spiro atoms. The quantitative estimate of drug-likeness (QED) is 0.856. The maximum absolute atomic E-state index is 5.62. The van der Waals surface area contributed by atoms with Gasteiger partial charge in [0.15, 0.2) is 5.13 Å². The van der Waals surface area contributed by atoms with Gasteiger partial charge < -0.3 is 15.5 Å². The maximum Gasteiger partial charge on any atom is 0.180 e. The zero-order valence-electron chi connectivity index (χ0n) is 10.0. The van der Waals surface area contributed by atoms with Crippen molar-refractivity contribution in [3.63, 3.8) is 0 Å². The van der Waals surface area contributed by atoms with E-state index >= 15 is 0 Å². The van der Waals surface area contributed by atoms with Crippen LogP contribution in [-0.4, -0.2) is 48.5 Å². The molecule has 2 N–H and O–H groups in total. The average Bonchev–Trinajstić information content (AvgIpc) is 2.76. The Labute approximate surface area is 101 Å². The molecule has 5 heteroatoms. The fourth-order valence-corrected chi connectivity index (χ4v) is 3.11. The third-order valence-corrected chi connectivity index (χ3v) is 3.87. The predicted molar refractivity (Wildman–Crippen MR) is 68.5 cm³/mol. The SMILES string of the molecule is CN1CCC(CN(C)Cc2cnc(N)s2)C1. The van der Waals surface area contributed by atoms with E-state index in [1.807, 2.05) is 6.20 Å². The van der Waals surface area contributed by atoms with E-state index in [4.69, 9.17) is 5.73 Å². The Morgan fingerprint density at radius 2 is 2.50 bits per heavy atom. The molecule has 1 aliphatic rings. The lowest BCUT2D eigenvalue weighted by molar-refractivity contribution is 0.269. The molecule has 2 heterocycles. The smallest absolute Gasteiger partial charge is 0.180 e. The van der Waals surface area contributed by atoms with Gasteiger partial charge in [-0.3, -0.25) is 0 Å². The second-order valence-electron chi connectivity index (χ2n) is 4.78. The van der Waals surface area contributed by atoms with Gasteiger partial charge in [0.25, 0.3) is 0 Å². The molecule has 4 nitrogen and oxygen atoms in total. The summed E-state index contributed by atoms with van der Waals surface area (Å²) in [6.45, 7) is 4.61. The van der Waals surface area contributed by atoms with Crippen molar-refractivity contribution in [2.75, 3.05) is 39.5 Å². The molecule has 2 rings (SSSR count). The molecular weight excluding hydrogens is 220 g/mol. The zero-order valence-corrected chi connectivity index (χ0v) is 10.8. The Hall–Kier alpha value is -0.650. The zero-order chi connectivity index (χ0) is 11.5. The number of nitrogens with zero attached hydrogens (tertiary/aromatic N) is 3. The second kappa shape index (κ2) is 5.12. The minimum atomic E-state index is 0.670. The second-order valence-corrected chi connectivity index (χ2v) is 5.93. The van der Waals surface area contributed by atoms with Gasteiger partial charge in [-0.05, 0) is 33.0 Å². The van der Waals surface area contributed by atoms with Crippen molar-refractivity contribution in [2.24, 2.45) is 5.92 Å². The van der Waals surface area contributed by atoms with Crippen LogP contribution in [0.5, 0.6) is 0 Å². The molecule has 0 bridgehead atoms. The van der Waals surface area contributed by atoms with Crippen LogP contribution in [0, 0.1) is 5.92 Å². The summed E-state index contributed by atoms with van der Waals surface area (Å²) in [7, 11) is 4.37. The number of thiazole rings is 1. The van der Waals surface area contributed by atoms with E-state index in [1.54, 1.807) is 11.3 Å². The van der Waals surface area contributed by atoms with E-state index in [-0.39, 0.29) is 0 Å².